The monoisotopic (exact) mass is 413 g/mol. The van der Waals surface area contributed by atoms with Gasteiger partial charge in [0.2, 0.25) is 5.91 Å². The molecule has 1 aliphatic rings. The van der Waals surface area contributed by atoms with E-state index in [-0.39, 0.29) is 17.4 Å². The van der Waals surface area contributed by atoms with Crippen molar-refractivity contribution in [1.82, 2.24) is 15.0 Å². The zero-order chi connectivity index (χ0) is 19.5. The number of aromatic nitrogens is 3. The van der Waals surface area contributed by atoms with Gasteiger partial charge in [-0.2, -0.15) is 4.98 Å². The first-order valence-electron chi connectivity index (χ1n) is 9.00. The average Bonchev–Trinajstić information content (AvgIpc) is 3.36. The van der Waals surface area contributed by atoms with E-state index in [1.54, 1.807) is 35.6 Å². The van der Waals surface area contributed by atoms with E-state index in [2.05, 4.69) is 25.2 Å². The van der Waals surface area contributed by atoms with E-state index in [9.17, 15) is 9.59 Å². The van der Waals surface area contributed by atoms with Crippen LogP contribution in [-0.4, -0.2) is 45.5 Å². The second kappa shape index (κ2) is 8.24. The van der Waals surface area contributed by atoms with Crippen LogP contribution in [0.2, 0.25) is 0 Å². The summed E-state index contributed by atoms with van der Waals surface area (Å²) in [6.45, 7) is 3.55. The minimum absolute atomic E-state index is 0.0344. The quantitative estimate of drug-likeness (QED) is 0.375. The normalized spacial score (nSPS) is 13.8. The van der Waals surface area contributed by atoms with Crippen molar-refractivity contribution in [1.29, 1.82) is 0 Å². The number of amides is 1. The van der Waals surface area contributed by atoms with E-state index in [4.69, 9.17) is 0 Å². The van der Waals surface area contributed by atoms with E-state index in [0.717, 1.165) is 27.9 Å². The average molecular weight is 414 g/mol. The number of thioether (sulfide) groups is 1. The van der Waals surface area contributed by atoms with Gasteiger partial charge in [0.05, 0.1) is 5.75 Å². The van der Waals surface area contributed by atoms with Gasteiger partial charge in [-0.25, -0.2) is 9.97 Å². The maximum atomic E-state index is 12.3. The van der Waals surface area contributed by atoms with Crippen molar-refractivity contribution in [3.8, 4) is 0 Å². The number of carbonyl (C=O) groups is 2. The highest BCUT2D eigenvalue weighted by Gasteiger charge is 2.19. The number of nitrogens with zero attached hydrogens (tertiary/aromatic N) is 4. The number of rotatable bonds is 6. The predicted molar refractivity (Wildman–Crippen MR) is 112 cm³/mol. The molecule has 0 radical (unpaired) electrons. The van der Waals surface area contributed by atoms with Gasteiger partial charge in [0, 0.05) is 24.3 Å². The molecule has 7 nitrogen and oxygen atoms in total. The second-order valence-corrected chi connectivity index (χ2v) is 8.44. The van der Waals surface area contributed by atoms with Crippen molar-refractivity contribution in [3.05, 3.63) is 36.2 Å². The summed E-state index contributed by atoms with van der Waals surface area (Å²) in [4.78, 5) is 39.3. The summed E-state index contributed by atoms with van der Waals surface area (Å²) >= 11 is 2.95. The second-order valence-electron chi connectivity index (χ2n) is 6.50. The van der Waals surface area contributed by atoms with Gasteiger partial charge in [-0.05, 0) is 31.9 Å². The van der Waals surface area contributed by atoms with Crippen LogP contribution in [-0.2, 0) is 4.79 Å². The Morgan fingerprint density at radius 1 is 1.25 bits per heavy atom. The molecular formula is C19H19N5O2S2. The van der Waals surface area contributed by atoms with Crippen LogP contribution >= 0.6 is 23.1 Å². The maximum absolute atomic E-state index is 12.3. The molecule has 0 spiro atoms. The molecule has 1 saturated heterocycles. The third-order valence-corrected chi connectivity index (χ3v) is 6.65. The van der Waals surface area contributed by atoms with Crippen molar-refractivity contribution >= 4 is 56.0 Å². The SMILES string of the molecule is CC(=O)c1cccc(NC(=O)CSc2ncnc3nc(N4CCCC4)sc23)c1. The van der Waals surface area contributed by atoms with Crippen molar-refractivity contribution in [2.24, 2.45) is 0 Å². The van der Waals surface area contributed by atoms with Gasteiger partial charge < -0.3 is 10.2 Å². The molecule has 9 heteroatoms. The lowest BCUT2D eigenvalue weighted by Crippen LogP contribution is -2.16. The van der Waals surface area contributed by atoms with Crippen LogP contribution in [0.4, 0.5) is 10.8 Å². The third kappa shape index (κ3) is 4.15. The first kappa shape index (κ1) is 18.8. The smallest absolute Gasteiger partial charge is 0.234 e. The predicted octanol–water partition coefficient (Wildman–Crippen LogP) is 3.62. The molecule has 1 N–H and O–H groups in total. The lowest BCUT2D eigenvalue weighted by molar-refractivity contribution is -0.113. The van der Waals surface area contributed by atoms with Crippen LogP contribution in [0, 0.1) is 0 Å². The standard InChI is InChI=1S/C19H19N5O2S2/c1-12(25)13-5-4-6-14(9-13)22-15(26)10-27-18-16-17(20-11-21-18)23-19(28-16)24-7-2-3-8-24/h4-6,9,11H,2-3,7-8,10H2,1H3,(H,22,26). The van der Waals surface area contributed by atoms with Gasteiger partial charge in [0.15, 0.2) is 16.6 Å². The summed E-state index contributed by atoms with van der Waals surface area (Å²) in [6, 6.07) is 6.93. The number of anilines is 2. The molecule has 2 aromatic heterocycles. The fraction of sp³-hybridized carbons (Fsp3) is 0.316. The van der Waals surface area contributed by atoms with E-state index in [1.807, 2.05) is 0 Å². The summed E-state index contributed by atoms with van der Waals surface area (Å²) in [7, 11) is 0. The number of carbonyl (C=O) groups excluding carboxylic acids is 2. The molecule has 0 saturated carbocycles. The van der Waals surface area contributed by atoms with Crippen LogP contribution < -0.4 is 10.2 Å². The first-order valence-corrected chi connectivity index (χ1v) is 10.8. The lowest BCUT2D eigenvalue weighted by Gasteiger charge is -2.11. The highest BCUT2D eigenvalue weighted by Crippen LogP contribution is 2.34. The van der Waals surface area contributed by atoms with Crippen LogP contribution in [0.3, 0.4) is 0 Å². The first-order chi connectivity index (χ1) is 13.6. The Kier molecular flexibility index (Phi) is 5.54. The van der Waals surface area contributed by atoms with Crippen LogP contribution in [0.1, 0.15) is 30.1 Å². The molecule has 0 bridgehead atoms. The van der Waals surface area contributed by atoms with E-state index >= 15 is 0 Å². The van der Waals surface area contributed by atoms with Gasteiger partial charge in [0.1, 0.15) is 16.1 Å². The number of hydrogen-bond acceptors (Lipinski definition) is 8. The maximum Gasteiger partial charge on any atom is 0.234 e. The molecule has 144 valence electrons. The van der Waals surface area contributed by atoms with Crippen LogP contribution in [0.15, 0.2) is 35.6 Å². The van der Waals surface area contributed by atoms with Crippen molar-refractivity contribution in [2.75, 3.05) is 29.1 Å². The summed E-state index contributed by atoms with van der Waals surface area (Å²) in [5.74, 6) is 0.0301. The fourth-order valence-corrected chi connectivity index (χ4v) is 4.96. The fourth-order valence-electron chi connectivity index (χ4n) is 3.02. The minimum Gasteiger partial charge on any atom is -0.348 e. The zero-order valence-corrected chi connectivity index (χ0v) is 17.0. The molecule has 3 aromatic rings. The van der Waals surface area contributed by atoms with Crippen LogP contribution in [0.25, 0.3) is 10.3 Å². The molecule has 0 atom stereocenters. The molecule has 1 fully saturated rings. The molecule has 0 unspecified atom stereocenters. The number of ketones is 1. The molecule has 1 amide bonds. The molecule has 1 aliphatic heterocycles. The van der Waals surface area contributed by atoms with E-state index in [1.165, 1.54) is 37.9 Å². The van der Waals surface area contributed by atoms with Crippen molar-refractivity contribution in [3.63, 3.8) is 0 Å². The summed E-state index contributed by atoms with van der Waals surface area (Å²) < 4.78 is 0.917. The molecule has 3 heterocycles. The molecule has 1 aromatic carbocycles. The number of thiazole rings is 1. The number of Topliss-reactive ketones (excluding diaryl/α,β-unsaturated/α-hetero) is 1. The number of fused-ring (bicyclic) bond motifs is 1. The van der Waals surface area contributed by atoms with E-state index in [0.29, 0.717) is 16.9 Å². The molecular weight excluding hydrogens is 394 g/mol. The largest absolute Gasteiger partial charge is 0.348 e. The van der Waals surface area contributed by atoms with Crippen LogP contribution in [0.5, 0.6) is 0 Å². The summed E-state index contributed by atoms with van der Waals surface area (Å²) in [5.41, 5.74) is 1.86. The van der Waals surface area contributed by atoms with E-state index < -0.39 is 0 Å². The highest BCUT2D eigenvalue weighted by atomic mass is 32.2. The number of nitrogens with one attached hydrogen (secondary N) is 1. The van der Waals surface area contributed by atoms with Gasteiger partial charge >= 0.3 is 0 Å². The van der Waals surface area contributed by atoms with Gasteiger partial charge in [-0.1, -0.05) is 35.2 Å². The Labute approximate surface area is 170 Å². The van der Waals surface area contributed by atoms with Crippen molar-refractivity contribution in [2.45, 2.75) is 24.8 Å². The van der Waals surface area contributed by atoms with Gasteiger partial charge in [-0.3, -0.25) is 9.59 Å². The Morgan fingerprint density at radius 2 is 2.07 bits per heavy atom. The Balaban J connectivity index is 1.44. The highest BCUT2D eigenvalue weighted by molar-refractivity contribution is 8.00. The van der Waals surface area contributed by atoms with Gasteiger partial charge in [0.25, 0.3) is 0 Å². The lowest BCUT2D eigenvalue weighted by atomic mass is 10.1. The Morgan fingerprint density at radius 3 is 2.86 bits per heavy atom. The molecule has 4 rings (SSSR count). The third-order valence-electron chi connectivity index (χ3n) is 4.42. The zero-order valence-electron chi connectivity index (χ0n) is 15.3. The molecule has 28 heavy (non-hydrogen) atoms. The Bertz CT molecular complexity index is 1030. The topological polar surface area (TPSA) is 88.1 Å². The summed E-state index contributed by atoms with van der Waals surface area (Å²) in [6.07, 6.45) is 3.87. The number of hydrogen-bond donors (Lipinski definition) is 1. The molecule has 0 aliphatic carbocycles. The van der Waals surface area contributed by atoms with Crippen molar-refractivity contribution < 1.29 is 9.59 Å². The minimum atomic E-state index is -0.151. The Hall–Kier alpha value is -2.52. The van der Waals surface area contributed by atoms with Gasteiger partial charge in [-0.15, -0.1) is 0 Å². The summed E-state index contributed by atoms with van der Waals surface area (Å²) in [5, 5.41) is 4.57. The number of benzene rings is 1.